The molecule has 1 aliphatic rings. The molecule has 2 aromatic rings. The summed E-state index contributed by atoms with van der Waals surface area (Å²) in [4.78, 5) is 6.53. The van der Waals surface area contributed by atoms with Gasteiger partial charge in [-0.1, -0.05) is 17.7 Å². The van der Waals surface area contributed by atoms with Crippen LogP contribution in [0.15, 0.2) is 41.1 Å². The third kappa shape index (κ3) is 2.74. The van der Waals surface area contributed by atoms with E-state index in [9.17, 15) is 0 Å². The van der Waals surface area contributed by atoms with Gasteiger partial charge in [0.2, 0.25) is 0 Å². The Morgan fingerprint density at radius 3 is 2.83 bits per heavy atom. The fourth-order valence-electron chi connectivity index (χ4n) is 2.11. The molecule has 0 aliphatic heterocycles. The molecule has 0 spiro atoms. The highest BCUT2D eigenvalue weighted by atomic mass is 35.5. The van der Waals surface area contributed by atoms with E-state index in [1.165, 1.54) is 12.8 Å². The van der Waals surface area contributed by atoms with Gasteiger partial charge in [-0.2, -0.15) is 0 Å². The molecule has 0 atom stereocenters. The predicted octanol–water partition coefficient (Wildman–Crippen LogP) is 3.49. The number of pyridine rings is 1. The molecule has 18 heavy (non-hydrogen) atoms. The summed E-state index contributed by atoms with van der Waals surface area (Å²) in [6, 6.07) is 8.57. The number of halogens is 1. The number of rotatable bonds is 5. The topological polar surface area (TPSA) is 29.3 Å². The largest absolute Gasteiger partial charge is 0.468 e. The third-order valence-electron chi connectivity index (χ3n) is 3.21. The van der Waals surface area contributed by atoms with E-state index in [4.69, 9.17) is 16.0 Å². The Kier molecular flexibility index (Phi) is 3.35. The van der Waals surface area contributed by atoms with Gasteiger partial charge in [-0.3, -0.25) is 4.90 Å². The van der Waals surface area contributed by atoms with E-state index in [1.807, 2.05) is 24.3 Å². The van der Waals surface area contributed by atoms with Gasteiger partial charge in [-0.05, 0) is 31.0 Å². The van der Waals surface area contributed by atoms with Crippen LogP contribution in [0.1, 0.15) is 24.2 Å². The molecule has 0 amide bonds. The number of furan rings is 1. The van der Waals surface area contributed by atoms with Gasteiger partial charge in [0.25, 0.3) is 0 Å². The zero-order valence-corrected chi connectivity index (χ0v) is 10.8. The first kappa shape index (κ1) is 11.8. The van der Waals surface area contributed by atoms with Crippen LogP contribution in [0.5, 0.6) is 0 Å². The zero-order valence-electron chi connectivity index (χ0n) is 10.1. The fraction of sp³-hybridized carbons (Fsp3) is 0.357. The lowest BCUT2D eigenvalue weighted by molar-refractivity contribution is 0.225. The molecular formula is C14H15ClN2O. The quantitative estimate of drug-likeness (QED) is 0.773. The summed E-state index contributed by atoms with van der Waals surface area (Å²) >= 11 is 6.11. The molecule has 0 unspecified atom stereocenters. The van der Waals surface area contributed by atoms with Crippen LogP contribution in [-0.2, 0) is 13.1 Å². The fourth-order valence-corrected chi connectivity index (χ4v) is 2.29. The summed E-state index contributed by atoms with van der Waals surface area (Å²) in [7, 11) is 0. The van der Waals surface area contributed by atoms with Crippen LogP contribution >= 0.6 is 11.6 Å². The Bertz CT molecular complexity index is 508. The van der Waals surface area contributed by atoms with Crippen molar-refractivity contribution < 1.29 is 4.42 Å². The Hall–Kier alpha value is -1.32. The summed E-state index contributed by atoms with van der Waals surface area (Å²) in [5.74, 6) is 1.00. The van der Waals surface area contributed by atoms with Crippen LogP contribution in [0, 0.1) is 0 Å². The Balaban J connectivity index is 1.73. The van der Waals surface area contributed by atoms with Crippen LogP contribution in [0.25, 0.3) is 0 Å². The molecule has 2 aromatic heterocycles. The van der Waals surface area contributed by atoms with Crippen molar-refractivity contribution >= 4 is 11.6 Å². The van der Waals surface area contributed by atoms with E-state index < -0.39 is 0 Å². The first-order chi connectivity index (χ1) is 8.83. The number of hydrogen-bond acceptors (Lipinski definition) is 3. The Morgan fingerprint density at radius 2 is 2.17 bits per heavy atom. The molecule has 0 bridgehead atoms. The molecule has 1 saturated carbocycles. The van der Waals surface area contributed by atoms with E-state index >= 15 is 0 Å². The van der Waals surface area contributed by atoms with Crippen molar-refractivity contribution in [2.75, 3.05) is 0 Å². The van der Waals surface area contributed by atoms with Gasteiger partial charge < -0.3 is 4.42 Å². The average molecular weight is 263 g/mol. The van der Waals surface area contributed by atoms with Crippen LogP contribution in [0.4, 0.5) is 0 Å². The summed E-state index contributed by atoms with van der Waals surface area (Å²) < 4.78 is 5.42. The van der Waals surface area contributed by atoms with E-state index in [0.29, 0.717) is 11.2 Å². The molecule has 1 aliphatic carbocycles. The van der Waals surface area contributed by atoms with Crippen molar-refractivity contribution in [2.45, 2.75) is 32.0 Å². The van der Waals surface area contributed by atoms with Crippen LogP contribution < -0.4 is 0 Å². The molecule has 0 aromatic carbocycles. The monoisotopic (exact) mass is 262 g/mol. The summed E-state index contributed by atoms with van der Waals surface area (Å²) in [6.07, 6.45) is 5.97. The minimum atomic E-state index is 0.600. The zero-order chi connectivity index (χ0) is 12.4. The van der Waals surface area contributed by atoms with Crippen molar-refractivity contribution in [1.29, 1.82) is 0 Å². The second kappa shape index (κ2) is 5.12. The second-order valence-electron chi connectivity index (χ2n) is 4.67. The van der Waals surface area contributed by atoms with Crippen molar-refractivity contribution in [1.82, 2.24) is 9.88 Å². The van der Waals surface area contributed by atoms with Gasteiger partial charge in [-0.15, -0.1) is 0 Å². The van der Waals surface area contributed by atoms with E-state index in [0.717, 1.165) is 24.4 Å². The number of hydrogen-bond donors (Lipinski definition) is 0. The van der Waals surface area contributed by atoms with Crippen LogP contribution in [0.2, 0.25) is 5.15 Å². The molecule has 0 radical (unpaired) electrons. The first-order valence-electron chi connectivity index (χ1n) is 6.19. The maximum atomic E-state index is 6.11. The van der Waals surface area contributed by atoms with Gasteiger partial charge in [0, 0.05) is 24.3 Å². The van der Waals surface area contributed by atoms with Gasteiger partial charge >= 0.3 is 0 Å². The minimum Gasteiger partial charge on any atom is -0.468 e. The molecule has 94 valence electrons. The highest BCUT2D eigenvalue weighted by Crippen LogP contribution is 2.30. The lowest BCUT2D eigenvalue weighted by Gasteiger charge is -2.21. The summed E-state index contributed by atoms with van der Waals surface area (Å²) in [6.45, 7) is 1.67. The third-order valence-corrected chi connectivity index (χ3v) is 3.55. The standard InChI is InChI=1S/C14H15ClN2O/c15-14-11(3-1-7-16-14)9-17(12-5-6-12)10-13-4-2-8-18-13/h1-4,7-8,12H,5-6,9-10H2. The van der Waals surface area contributed by atoms with Crippen molar-refractivity contribution in [3.8, 4) is 0 Å². The van der Waals surface area contributed by atoms with E-state index in [-0.39, 0.29) is 0 Å². The molecule has 0 saturated heterocycles. The number of aromatic nitrogens is 1. The maximum absolute atomic E-state index is 6.11. The molecule has 4 heteroatoms. The van der Waals surface area contributed by atoms with Gasteiger partial charge in [0.05, 0.1) is 12.8 Å². The highest BCUT2D eigenvalue weighted by Gasteiger charge is 2.29. The molecule has 3 rings (SSSR count). The first-order valence-corrected chi connectivity index (χ1v) is 6.56. The Labute approximate surface area is 111 Å². The molecule has 1 fully saturated rings. The van der Waals surface area contributed by atoms with Crippen LogP contribution in [-0.4, -0.2) is 15.9 Å². The SMILES string of the molecule is Clc1ncccc1CN(Cc1ccco1)C1CC1. The van der Waals surface area contributed by atoms with Gasteiger partial charge in [0.1, 0.15) is 10.9 Å². The summed E-state index contributed by atoms with van der Waals surface area (Å²) in [5.41, 5.74) is 1.08. The van der Waals surface area contributed by atoms with Gasteiger partial charge in [0.15, 0.2) is 0 Å². The van der Waals surface area contributed by atoms with Crippen molar-refractivity contribution in [2.24, 2.45) is 0 Å². The lowest BCUT2D eigenvalue weighted by Crippen LogP contribution is -2.25. The van der Waals surface area contributed by atoms with E-state index in [1.54, 1.807) is 12.5 Å². The maximum Gasteiger partial charge on any atom is 0.133 e. The second-order valence-corrected chi connectivity index (χ2v) is 5.03. The normalized spacial score (nSPS) is 15.2. The Morgan fingerprint density at radius 1 is 1.28 bits per heavy atom. The summed E-state index contributed by atoms with van der Waals surface area (Å²) in [5, 5.41) is 0.600. The minimum absolute atomic E-state index is 0.600. The van der Waals surface area contributed by atoms with Crippen molar-refractivity contribution in [3.63, 3.8) is 0 Å². The smallest absolute Gasteiger partial charge is 0.133 e. The molecule has 0 N–H and O–H groups in total. The van der Waals surface area contributed by atoms with Crippen LogP contribution in [0.3, 0.4) is 0 Å². The average Bonchev–Trinajstić information content (AvgIpc) is 3.10. The number of nitrogens with zero attached hydrogens (tertiary/aromatic N) is 2. The predicted molar refractivity (Wildman–Crippen MR) is 70.2 cm³/mol. The van der Waals surface area contributed by atoms with Gasteiger partial charge in [-0.25, -0.2) is 4.98 Å². The van der Waals surface area contributed by atoms with E-state index in [2.05, 4.69) is 9.88 Å². The highest BCUT2D eigenvalue weighted by molar-refractivity contribution is 6.30. The van der Waals surface area contributed by atoms with Crippen molar-refractivity contribution in [3.05, 3.63) is 53.2 Å². The molecular weight excluding hydrogens is 248 g/mol. The lowest BCUT2D eigenvalue weighted by atomic mass is 10.2. The molecule has 2 heterocycles. The molecule has 3 nitrogen and oxygen atoms in total.